The lowest BCUT2D eigenvalue weighted by molar-refractivity contribution is -0.144. The highest BCUT2D eigenvalue weighted by Gasteiger charge is 2.51. The number of amides is 3. The minimum absolute atomic E-state index is 0.0242. The van der Waals surface area contributed by atoms with Crippen molar-refractivity contribution >= 4 is 34.6 Å². The second-order valence-electron chi connectivity index (χ2n) is 13.6. The van der Waals surface area contributed by atoms with E-state index in [1.165, 1.54) is 6.33 Å². The molecule has 258 valence electrons. The predicted octanol–water partition coefficient (Wildman–Crippen LogP) is 4.50. The molecule has 3 fully saturated rings. The molecule has 3 saturated heterocycles. The number of nitrogen functional groups attached to an aromatic ring is 1. The number of anilines is 1. The molecule has 3 amide bonds. The number of benzene rings is 3. The third-order valence-corrected chi connectivity index (χ3v) is 10.7. The predicted molar refractivity (Wildman–Crippen MR) is 188 cm³/mol. The summed E-state index contributed by atoms with van der Waals surface area (Å²) in [5, 5.41) is 8.32. The van der Waals surface area contributed by atoms with Crippen molar-refractivity contribution < 1.29 is 19.1 Å². The zero-order valence-electron chi connectivity index (χ0n) is 27.9. The van der Waals surface area contributed by atoms with E-state index in [1.54, 1.807) is 4.90 Å². The summed E-state index contributed by atoms with van der Waals surface area (Å²) in [6.07, 6.45) is 4.48. The van der Waals surface area contributed by atoms with Crippen LogP contribution in [0.3, 0.4) is 0 Å². The molecule has 3 aromatic carbocycles. The number of ether oxygens (including phenoxy) is 1. The molecule has 9 rings (SSSR count). The first-order valence-corrected chi connectivity index (χ1v) is 17.5. The Kier molecular flexibility index (Phi) is 7.73. The normalized spacial score (nSPS) is 24.0. The lowest BCUT2D eigenvalue weighted by Gasteiger charge is -2.54. The summed E-state index contributed by atoms with van der Waals surface area (Å²) in [5.41, 5.74) is 10.3. The van der Waals surface area contributed by atoms with Crippen LogP contribution in [-0.2, 0) is 9.59 Å². The van der Waals surface area contributed by atoms with Gasteiger partial charge in [-0.05, 0) is 74.7 Å². The molecule has 13 nitrogen and oxygen atoms in total. The van der Waals surface area contributed by atoms with E-state index in [2.05, 4.69) is 25.1 Å². The van der Waals surface area contributed by atoms with Gasteiger partial charge in [0.2, 0.25) is 11.8 Å². The maximum atomic E-state index is 13.9. The summed E-state index contributed by atoms with van der Waals surface area (Å²) < 4.78 is 8.02. The molecule has 2 aromatic heterocycles. The molecule has 4 unspecified atom stereocenters. The average molecular weight is 684 g/mol. The Morgan fingerprint density at radius 3 is 2.41 bits per heavy atom. The van der Waals surface area contributed by atoms with Gasteiger partial charge in [0.05, 0.1) is 17.6 Å². The van der Waals surface area contributed by atoms with E-state index in [0.717, 1.165) is 66.9 Å². The molecule has 5 aromatic rings. The second-order valence-corrected chi connectivity index (χ2v) is 13.6. The van der Waals surface area contributed by atoms with Gasteiger partial charge in [-0.25, -0.2) is 14.6 Å². The van der Waals surface area contributed by atoms with E-state index in [0.29, 0.717) is 29.2 Å². The zero-order chi connectivity index (χ0) is 34.6. The minimum atomic E-state index is -0.707. The van der Waals surface area contributed by atoms with Gasteiger partial charge in [-0.3, -0.25) is 29.5 Å². The molecule has 4 aliphatic heterocycles. The molecule has 4 aliphatic rings. The Labute approximate surface area is 294 Å². The number of imide groups is 1. The number of carbonyl (C=O) groups is 3. The lowest BCUT2D eigenvalue weighted by atomic mass is 9.98. The number of para-hydroxylation sites is 1. The number of nitrogens with two attached hydrogens (primary N) is 1. The van der Waals surface area contributed by atoms with Crippen molar-refractivity contribution in [1.82, 2.24) is 39.8 Å². The van der Waals surface area contributed by atoms with Crippen LogP contribution < -0.4 is 15.8 Å². The maximum Gasteiger partial charge on any atom is 0.256 e. The van der Waals surface area contributed by atoms with Crippen LogP contribution in [0.4, 0.5) is 5.82 Å². The van der Waals surface area contributed by atoms with Gasteiger partial charge >= 0.3 is 0 Å². The fraction of sp³-hybridized carbons (Fsp3) is 0.316. The van der Waals surface area contributed by atoms with E-state index in [9.17, 15) is 14.4 Å². The summed E-state index contributed by atoms with van der Waals surface area (Å²) in [4.78, 5) is 54.4. The van der Waals surface area contributed by atoms with E-state index in [1.807, 2.05) is 83.5 Å². The van der Waals surface area contributed by atoms with Crippen molar-refractivity contribution in [1.29, 1.82) is 0 Å². The monoisotopic (exact) mass is 683 g/mol. The quantitative estimate of drug-likeness (QED) is 0.235. The molecule has 0 spiro atoms. The molecule has 0 saturated carbocycles. The highest BCUT2D eigenvalue weighted by molar-refractivity contribution is 6.06. The van der Waals surface area contributed by atoms with E-state index in [4.69, 9.17) is 15.6 Å². The number of piperidine rings is 2. The number of hydrogen-bond donors (Lipinski definition) is 2. The van der Waals surface area contributed by atoms with Gasteiger partial charge in [-0.1, -0.05) is 36.4 Å². The summed E-state index contributed by atoms with van der Waals surface area (Å²) in [6, 6.07) is 24.4. The number of hydrogen-bond acceptors (Lipinski definition) is 10. The van der Waals surface area contributed by atoms with Crippen LogP contribution in [0.1, 0.15) is 60.2 Å². The van der Waals surface area contributed by atoms with E-state index >= 15 is 0 Å². The largest absolute Gasteiger partial charge is 0.457 e. The van der Waals surface area contributed by atoms with Crippen molar-refractivity contribution in [2.45, 2.75) is 56.5 Å². The fourth-order valence-electron chi connectivity index (χ4n) is 8.20. The van der Waals surface area contributed by atoms with Gasteiger partial charge in [-0.2, -0.15) is 5.10 Å². The third kappa shape index (κ3) is 5.40. The summed E-state index contributed by atoms with van der Waals surface area (Å²) in [6.45, 7) is 2.40. The van der Waals surface area contributed by atoms with Gasteiger partial charge in [0.25, 0.3) is 5.91 Å². The van der Waals surface area contributed by atoms with Gasteiger partial charge in [0, 0.05) is 36.2 Å². The number of rotatable bonds is 7. The molecule has 0 radical (unpaired) electrons. The molecule has 6 heterocycles. The maximum absolute atomic E-state index is 13.9. The van der Waals surface area contributed by atoms with Crippen molar-refractivity contribution in [2.75, 3.05) is 25.4 Å². The van der Waals surface area contributed by atoms with Crippen LogP contribution in [0, 0.1) is 0 Å². The first-order chi connectivity index (χ1) is 24.9. The van der Waals surface area contributed by atoms with Crippen molar-refractivity contribution in [3.05, 3.63) is 96.3 Å². The molecule has 13 heteroatoms. The van der Waals surface area contributed by atoms with Crippen LogP contribution in [0.2, 0.25) is 0 Å². The molecule has 3 N–H and O–H groups in total. The molecular formula is C38H37N9O4. The number of nitrogens with zero attached hydrogens (tertiary/aromatic N) is 7. The van der Waals surface area contributed by atoms with Crippen molar-refractivity contribution in [2.24, 2.45) is 0 Å². The Bertz CT molecular complexity index is 2150. The van der Waals surface area contributed by atoms with E-state index in [-0.39, 0.29) is 30.4 Å². The third-order valence-electron chi connectivity index (χ3n) is 10.7. The summed E-state index contributed by atoms with van der Waals surface area (Å²) in [7, 11) is 0. The van der Waals surface area contributed by atoms with Crippen molar-refractivity contribution in [3.63, 3.8) is 0 Å². The standard InChI is InChI=1S/C38H37N9O4/c39-34-32-33(23-12-14-26(15-13-23)51-25-8-2-1-3-9-25)43-47(35(32)41-22-40-34)24-7-6-19-44(21-24)31-18-20-45(31)37-27-10-4-5-11-28(27)38(50)46(37)29-16-17-30(48)42-36(29)49/h1-5,8-15,22,24,29,31,37H,6-7,16-21H2,(H2,39,40,41)(H,42,48,49). The highest BCUT2D eigenvalue weighted by atomic mass is 16.5. The number of nitrogens with one attached hydrogen (secondary N) is 1. The van der Waals surface area contributed by atoms with Gasteiger partial charge in [0.15, 0.2) is 5.65 Å². The number of likely N-dealkylation sites (tertiary alicyclic amines) is 2. The molecule has 51 heavy (non-hydrogen) atoms. The Balaban J connectivity index is 0.993. The summed E-state index contributed by atoms with van der Waals surface area (Å²) in [5.74, 6) is 0.981. The topological polar surface area (TPSA) is 152 Å². The van der Waals surface area contributed by atoms with Crippen LogP contribution in [-0.4, -0.2) is 84.0 Å². The van der Waals surface area contributed by atoms with Crippen molar-refractivity contribution in [3.8, 4) is 22.8 Å². The Hall–Kier alpha value is -5.66. The van der Waals surface area contributed by atoms with Crippen LogP contribution in [0.25, 0.3) is 22.3 Å². The van der Waals surface area contributed by atoms with Crippen LogP contribution in [0.5, 0.6) is 11.5 Å². The number of carbonyl (C=O) groups excluding carboxylic acids is 3. The number of fused-ring (bicyclic) bond motifs is 2. The van der Waals surface area contributed by atoms with Gasteiger partial charge in [-0.15, -0.1) is 0 Å². The van der Waals surface area contributed by atoms with E-state index < -0.39 is 18.1 Å². The molecule has 0 aliphatic carbocycles. The smallest absolute Gasteiger partial charge is 0.256 e. The molecule has 4 atom stereocenters. The average Bonchev–Trinajstić information content (AvgIpc) is 3.66. The molecule has 0 bridgehead atoms. The number of aromatic nitrogens is 4. The lowest BCUT2D eigenvalue weighted by Crippen LogP contribution is -2.64. The minimum Gasteiger partial charge on any atom is -0.457 e. The SMILES string of the molecule is Nc1ncnc2c1c(-c1ccc(Oc3ccccc3)cc1)nn2C1CCCN(C2CCN2C2c3ccccc3C(=O)N2C2CCC(=O)NC2=O)C1. The van der Waals surface area contributed by atoms with Gasteiger partial charge in [0.1, 0.15) is 41.5 Å². The fourth-order valence-corrected chi connectivity index (χ4v) is 8.20. The molecular weight excluding hydrogens is 646 g/mol. The van der Waals surface area contributed by atoms with Crippen LogP contribution in [0.15, 0.2) is 85.2 Å². The zero-order valence-corrected chi connectivity index (χ0v) is 27.9. The second kappa shape index (κ2) is 12.6. The first-order valence-electron chi connectivity index (χ1n) is 17.5. The Morgan fingerprint density at radius 1 is 0.843 bits per heavy atom. The highest BCUT2D eigenvalue weighted by Crippen LogP contribution is 2.44. The Morgan fingerprint density at radius 2 is 1.63 bits per heavy atom. The van der Waals surface area contributed by atoms with Crippen LogP contribution >= 0.6 is 0 Å². The summed E-state index contributed by atoms with van der Waals surface area (Å²) >= 11 is 0. The first kappa shape index (κ1) is 31.3. The van der Waals surface area contributed by atoms with Gasteiger partial charge < -0.3 is 15.4 Å².